The molecule has 2 atom stereocenters. The van der Waals surface area contributed by atoms with Crippen molar-refractivity contribution in [2.45, 2.75) is 77.4 Å². The average molecular weight is 356 g/mol. The lowest BCUT2D eigenvalue weighted by Gasteiger charge is -2.50. The van der Waals surface area contributed by atoms with Crippen LogP contribution in [0.1, 0.15) is 48.0 Å². The molecule has 1 heterocycles. The van der Waals surface area contributed by atoms with Crippen LogP contribution in [-0.2, 0) is 4.74 Å². The van der Waals surface area contributed by atoms with Gasteiger partial charge in [-0.3, -0.25) is 0 Å². The molecule has 1 nitrogen and oxygen atoms in total. The molecule has 0 N–H and O–H groups in total. The minimum atomic E-state index is -6.16. The highest BCUT2D eigenvalue weighted by Crippen LogP contribution is 2.67. The largest absolute Gasteiger partial charge is 0.454 e. The molecule has 0 aromatic heterocycles. The zero-order valence-corrected chi connectivity index (χ0v) is 13.6. The Morgan fingerprint density at radius 2 is 1.17 bits per heavy atom. The van der Waals surface area contributed by atoms with E-state index in [9.17, 15) is 35.1 Å². The number of rotatable bonds is 1. The zero-order valence-electron chi connectivity index (χ0n) is 13.6. The van der Waals surface area contributed by atoms with Crippen molar-refractivity contribution in [3.63, 3.8) is 0 Å². The van der Waals surface area contributed by atoms with E-state index in [1.54, 1.807) is 0 Å². The highest BCUT2D eigenvalue weighted by molar-refractivity contribution is 5.17. The van der Waals surface area contributed by atoms with Crippen molar-refractivity contribution in [2.24, 2.45) is 10.8 Å². The first-order valence-corrected chi connectivity index (χ1v) is 6.88. The second-order valence-electron chi connectivity index (χ2n) is 7.98. The van der Waals surface area contributed by atoms with Gasteiger partial charge in [-0.25, -0.2) is 8.78 Å². The van der Waals surface area contributed by atoms with Gasteiger partial charge < -0.3 is 4.74 Å². The second-order valence-corrected chi connectivity index (χ2v) is 7.98. The molecule has 2 unspecified atom stereocenters. The molecule has 0 saturated carbocycles. The van der Waals surface area contributed by atoms with E-state index in [2.05, 4.69) is 4.74 Å². The first-order valence-electron chi connectivity index (χ1n) is 6.88. The first-order chi connectivity index (χ1) is 9.66. The van der Waals surface area contributed by atoms with Crippen LogP contribution in [-0.4, -0.2) is 29.5 Å². The highest BCUT2D eigenvalue weighted by Gasteiger charge is 2.86. The summed E-state index contributed by atoms with van der Waals surface area (Å²) in [4.78, 5) is 0. The molecule has 0 aromatic rings. The third-order valence-electron chi connectivity index (χ3n) is 4.28. The molecule has 1 fully saturated rings. The van der Waals surface area contributed by atoms with E-state index in [4.69, 9.17) is 0 Å². The van der Waals surface area contributed by atoms with E-state index >= 15 is 0 Å². The van der Waals surface area contributed by atoms with Gasteiger partial charge in [0.25, 0.3) is 5.92 Å². The maximum atomic E-state index is 14.9. The van der Waals surface area contributed by atoms with Gasteiger partial charge in [0.1, 0.15) is 5.60 Å². The fraction of sp³-hybridized carbons (Fsp3) is 1.00. The van der Waals surface area contributed by atoms with Crippen molar-refractivity contribution < 1.29 is 39.9 Å². The molecule has 0 aromatic carbocycles. The van der Waals surface area contributed by atoms with Crippen LogP contribution in [0.2, 0.25) is 0 Å². The first kappa shape index (κ1) is 20.4. The maximum absolute atomic E-state index is 14.9. The van der Waals surface area contributed by atoms with Crippen molar-refractivity contribution in [2.75, 3.05) is 0 Å². The van der Waals surface area contributed by atoms with Crippen molar-refractivity contribution in [1.29, 1.82) is 0 Å². The van der Waals surface area contributed by atoms with E-state index in [0.29, 0.717) is 0 Å². The molecule has 0 spiro atoms. The molecule has 1 aliphatic heterocycles. The molecule has 9 heteroatoms. The third kappa shape index (κ3) is 2.53. The van der Waals surface area contributed by atoms with Gasteiger partial charge in [0, 0.05) is 5.41 Å². The van der Waals surface area contributed by atoms with Gasteiger partial charge in [-0.2, -0.15) is 26.3 Å². The van der Waals surface area contributed by atoms with Crippen LogP contribution in [0.4, 0.5) is 35.1 Å². The van der Waals surface area contributed by atoms with Gasteiger partial charge in [-0.05, 0) is 5.41 Å². The molecule has 23 heavy (non-hydrogen) atoms. The number of ether oxygens (including phenoxy) is 1. The molecule has 0 bridgehead atoms. The maximum Gasteiger partial charge on any atom is 0.454 e. The lowest BCUT2D eigenvalue weighted by Crippen LogP contribution is -2.63. The Hall–Kier alpha value is -0.600. The molecule has 0 radical (unpaired) electrons. The zero-order chi connectivity index (χ0) is 18.9. The lowest BCUT2D eigenvalue weighted by molar-refractivity contribution is -0.407. The van der Waals surface area contributed by atoms with E-state index in [1.807, 2.05) is 0 Å². The molecule has 0 aliphatic carbocycles. The Labute approximate surface area is 129 Å². The monoisotopic (exact) mass is 356 g/mol. The highest BCUT2D eigenvalue weighted by atomic mass is 19.4. The van der Waals surface area contributed by atoms with Crippen molar-refractivity contribution in [1.82, 2.24) is 0 Å². The predicted molar refractivity (Wildman–Crippen MR) is 67.1 cm³/mol. The fourth-order valence-corrected chi connectivity index (χ4v) is 2.71. The van der Waals surface area contributed by atoms with Gasteiger partial charge in [-0.15, -0.1) is 0 Å². The quantitative estimate of drug-likeness (QED) is 0.545. The Morgan fingerprint density at radius 3 is 1.39 bits per heavy atom. The Balaban J connectivity index is 3.69. The van der Waals surface area contributed by atoms with Crippen molar-refractivity contribution in [3.8, 4) is 0 Å². The fourth-order valence-electron chi connectivity index (χ4n) is 2.71. The second kappa shape index (κ2) is 4.73. The summed E-state index contributed by atoms with van der Waals surface area (Å²) in [5.74, 6) is -14.8. The summed E-state index contributed by atoms with van der Waals surface area (Å²) in [6.45, 7) is 5.95. The number of alkyl halides is 8. The smallest absolute Gasteiger partial charge is 0.320 e. The van der Waals surface area contributed by atoms with Gasteiger partial charge >= 0.3 is 18.0 Å². The lowest BCUT2D eigenvalue weighted by atomic mass is 9.64. The summed E-state index contributed by atoms with van der Waals surface area (Å²) in [6, 6.07) is 0. The molecule has 1 saturated heterocycles. The van der Waals surface area contributed by atoms with Crippen LogP contribution in [0.25, 0.3) is 0 Å². The van der Waals surface area contributed by atoms with Crippen LogP contribution >= 0.6 is 0 Å². The van der Waals surface area contributed by atoms with Crippen LogP contribution in [0.15, 0.2) is 0 Å². The van der Waals surface area contributed by atoms with Gasteiger partial charge in [-0.1, -0.05) is 41.5 Å². The molecule has 0 amide bonds. The molecule has 138 valence electrons. The van der Waals surface area contributed by atoms with Gasteiger partial charge in [0.2, 0.25) is 0 Å². The predicted octanol–water partition coefficient (Wildman–Crippen LogP) is 5.74. The summed E-state index contributed by atoms with van der Waals surface area (Å²) in [6.07, 6.45) is -8.23. The topological polar surface area (TPSA) is 9.23 Å². The molecular formula is C14H20F8O. The molecular weight excluding hydrogens is 336 g/mol. The van der Waals surface area contributed by atoms with E-state index in [0.717, 1.165) is 41.5 Å². The number of hydrogen-bond donors (Lipinski definition) is 0. The van der Waals surface area contributed by atoms with E-state index in [1.165, 1.54) is 0 Å². The summed E-state index contributed by atoms with van der Waals surface area (Å²) >= 11 is 0. The third-order valence-corrected chi connectivity index (χ3v) is 4.28. The SMILES string of the molecule is CC(C)(C)C(F)(F)C1(C(C)(C)C)CC(F)(F)C(F)(C(F)(F)F)O1. The van der Waals surface area contributed by atoms with Crippen molar-refractivity contribution in [3.05, 3.63) is 0 Å². The standard InChI is InChI=1S/C14H20F8O/c1-8(2,3)10(12(17,18)9(4,5)6)7-11(15,16)13(19,23-10)14(20,21)22/h7H2,1-6H3. The normalized spacial score (nSPS) is 33.1. The minimum absolute atomic E-state index is 0.966. The molecule has 1 rings (SSSR count). The average Bonchev–Trinajstić information content (AvgIpc) is 2.45. The van der Waals surface area contributed by atoms with E-state index in [-0.39, 0.29) is 0 Å². The van der Waals surface area contributed by atoms with Gasteiger partial charge in [0.15, 0.2) is 0 Å². The van der Waals surface area contributed by atoms with Crippen LogP contribution < -0.4 is 0 Å². The minimum Gasteiger partial charge on any atom is -0.320 e. The summed E-state index contributed by atoms with van der Waals surface area (Å²) in [5, 5.41) is 0. The van der Waals surface area contributed by atoms with Crippen LogP contribution in [0, 0.1) is 10.8 Å². The Morgan fingerprint density at radius 1 is 0.783 bits per heavy atom. The van der Waals surface area contributed by atoms with Crippen LogP contribution in [0.3, 0.4) is 0 Å². The van der Waals surface area contributed by atoms with Gasteiger partial charge in [0.05, 0.1) is 6.42 Å². The van der Waals surface area contributed by atoms with Crippen molar-refractivity contribution >= 4 is 0 Å². The summed E-state index contributed by atoms with van der Waals surface area (Å²) in [7, 11) is 0. The number of hydrogen-bond acceptors (Lipinski definition) is 1. The van der Waals surface area contributed by atoms with E-state index < -0.39 is 46.7 Å². The molecule has 1 aliphatic rings. The summed E-state index contributed by atoms with van der Waals surface area (Å²) in [5.41, 5.74) is -7.27. The summed E-state index contributed by atoms with van der Waals surface area (Å²) < 4.78 is 114. The van der Waals surface area contributed by atoms with Crippen LogP contribution in [0.5, 0.6) is 0 Å². The number of halogens is 8. The Bertz CT molecular complexity index is 471. The Kier molecular flexibility index (Phi) is 4.20.